The van der Waals surface area contributed by atoms with Crippen molar-refractivity contribution in [3.8, 4) is 0 Å². The number of hydrogen-bond donors (Lipinski definition) is 1. The quantitative estimate of drug-likeness (QED) is 0.886. The lowest BCUT2D eigenvalue weighted by molar-refractivity contribution is -0.155. The van der Waals surface area contributed by atoms with E-state index in [0.717, 1.165) is 18.4 Å². The molecule has 1 aliphatic heterocycles. The number of amides is 1. The minimum atomic E-state index is -0.743. The molecular weight excluding hydrogens is 268 g/mol. The zero-order chi connectivity index (χ0) is 15.3. The van der Waals surface area contributed by atoms with E-state index in [1.54, 1.807) is 10.9 Å². The maximum Gasteiger partial charge on any atom is 0.242 e. The van der Waals surface area contributed by atoms with E-state index < -0.39 is 11.1 Å². The molecule has 1 aromatic heterocycles. The highest BCUT2D eigenvalue weighted by atomic mass is 16.5. The number of aromatic nitrogens is 2. The van der Waals surface area contributed by atoms with Crippen LogP contribution in [0.25, 0.3) is 0 Å². The predicted molar refractivity (Wildman–Crippen MR) is 78.4 cm³/mol. The molecule has 2 aliphatic rings. The molecule has 2 heterocycles. The van der Waals surface area contributed by atoms with Crippen LogP contribution in [-0.4, -0.2) is 45.8 Å². The highest BCUT2D eigenvalue weighted by Crippen LogP contribution is 2.40. The van der Waals surface area contributed by atoms with Crippen molar-refractivity contribution < 1.29 is 9.53 Å². The first kappa shape index (κ1) is 14.5. The molecule has 1 saturated heterocycles. The summed E-state index contributed by atoms with van der Waals surface area (Å²) in [5.41, 5.74) is 6.02. The van der Waals surface area contributed by atoms with Gasteiger partial charge in [0.05, 0.1) is 24.9 Å². The maximum absolute atomic E-state index is 12.8. The van der Waals surface area contributed by atoms with Crippen LogP contribution in [0.3, 0.4) is 0 Å². The third-order valence-electron chi connectivity index (χ3n) is 4.76. The van der Waals surface area contributed by atoms with Crippen LogP contribution >= 0.6 is 0 Å². The van der Waals surface area contributed by atoms with Gasteiger partial charge in [-0.2, -0.15) is 5.10 Å². The molecule has 1 aliphatic carbocycles. The average Bonchev–Trinajstić information content (AvgIpc) is 3.21. The number of nitrogens with zero attached hydrogens (tertiary/aromatic N) is 3. The second-order valence-electron chi connectivity index (χ2n) is 6.77. The van der Waals surface area contributed by atoms with Gasteiger partial charge in [-0.05, 0) is 32.6 Å². The monoisotopic (exact) mass is 292 g/mol. The van der Waals surface area contributed by atoms with Crippen LogP contribution in [0.15, 0.2) is 12.4 Å². The van der Waals surface area contributed by atoms with Crippen LogP contribution in [0.5, 0.6) is 0 Å². The molecule has 1 amide bonds. The summed E-state index contributed by atoms with van der Waals surface area (Å²) in [6, 6.07) is 0. The fraction of sp³-hybridized carbons (Fsp3) is 0.733. The molecule has 116 valence electrons. The minimum Gasteiger partial charge on any atom is -0.367 e. The Bertz CT molecular complexity index is 550. The highest BCUT2D eigenvalue weighted by molar-refractivity contribution is 5.86. The maximum atomic E-state index is 12.8. The number of carbonyl (C=O) groups is 1. The standard InChI is InChI=1S/C15H24N4O2/c1-14(12-8-17-18(3)9-12)10-19(6-7-21-14)13(20)15(2,16)11-4-5-11/h8-9,11H,4-7,10,16H2,1-3H3/t14-,15-/m1/s1. The van der Waals surface area contributed by atoms with Gasteiger partial charge in [0.25, 0.3) is 0 Å². The van der Waals surface area contributed by atoms with Crippen molar-refractivity contribution in [2.24, 2.45) is 18.7 Å². The van der Waals surface area contributed by atoms with Crippen molar-refractivity contribution in [2.75, 3.05) is 19.7 Å². The normalized spacial score (nSPS) is 29.2. The van der Waals surface area contributed by atoms with Crippen molar-refractivity contribution in [1.29, 1.82) is 0 Å². The molecule has 0 spiro atoms. The van der Waals surface area contributed by atoms with Gasteiger partial charge in [0, 0.05) is 25.4 Å². The number of morpholine rings is 1. The van der Waals surface area contributed by atoms with E-state index in [2.05, 4.69) is 5.10 Å². The number of aryl methyl sites for hydroxylation is 1. The summed E-state index contributed by atoms with van der Waals surface area (Å²) in [4.78, 5) is 14.6. The number of nitrogens with two attached hydrogens (primary N) is 1. The Balaban J connectivity index is 1.78. The largest absolute Gasteiger partial charge is 0.367 e. The van der Waals surface area contributed by atoms with Crippen molar-refractivity contribution in [3.05, 3.63) is 18.0 Å². The summed E-state index contributed by atoms with van der Waals surface area (Å²) in [6.07, 6.45) is 5.86. The minimum absolute atomic E-state index is 0.0448. The van der Waals surface area contributed by atoms with E-state index >= 15 is 0 Å². The second kappa shape index (κ2) is 4.81. The van der Waals surface area contributed by atoms with Crippen molar-refractivity contribution in [1.82, 2.24) is 14.7 Å². The third kappa shape index (κ3) is 2.58. The molecule has 21 heavy (non-hydrogen) atoms. The molecule has 6 nitrogen and oxygen atoms in total. The second-order valence-corrected chi connectivity index (χ2v) is 6.77. The fourth-order valence-corrected chi connectivity index (χ4v) is 3.11. The van der Waals surface area contributed by atoms with Crippen LogP contribution in [0, 0.1) is 5.92 Å². The van der Waals surface area contributed by atoms with Crippen LogP contribution in [0.1, 0.15) is 32.3 Å². The summed E-state index contributed by atoms with van der Waals surface area (Å²) >= 11 is 0. The van der Waals surface area contributed by atoms with Crippen LogP contribution < -0.4 is 5.73 Å². The van der Waals surface area contributed by atoms with Gasteiger partial charge in [0.1, 0.15) is 5.60 Å². The third-order valence-corrected chi connectivity index (χ3v) is 4.76. The average molecular weight is 292 g/mol. The molecule has 1 aromatic rings. The lowest BCUT2D eigenvalue weighted by atomic mass is 9.92. The Hall–Kier alpha value is -1.40. The first-order valence-corrected chi connectivity index (χ1v) is 7.54. The SMILES string of the molecule is Cn1cc([C@@]2(C)CN(C(=O)[C@](C)(N)C3CC3)CCO2)cn1. The molecule has 3 rings (SSSR count). The van der Waals surface area contributed by atoms with E-state index in [1.165, 1.54) is 0 Å². The van der Waals surface area contributed by atoms with Gasteiger partial charge < -0.3 is 15.4 Å². The Morgan fingerprint density at radius 3 is 2.86 bits per heavy atom. The zero-order valence-electron chi connectivity index (χ0n) is 13.0. The van der Waals surface area contributed by atoms with E-state index in [1.807, 2.05) is 32.0 Å². The fourth-order valence-electron chi connectivity index (χ4n) is 3.11. The molecule has 6 heteroatoms. The van der Waals surface area contributed by atoms with Gasteiger partial charge in [-0.15, -0.1) is 0 Å². The predicted octanol–water partition coefficient (Wildman–Crippen LogP) is 0.621. The van der Waals surface area contributed by atoms with E-state index in [0.29, 0.717) is 25.6 Å². The van der Waals surface area contributed by atoms with Gasteiger partial charge in [-0.25, -0.2) is 0 Å². The number of ether oxygens (including phenoxy) is 1. The summed E-state index contributed by atoms with van der Waals surface area (Å²) in [5.74, 6) is 0.376. The Labute approximate surface area is 125 Å². The van der Waals surface area contributed by atoms with Gasteiger partial charge in [0.2, 0.25) is 5.91 Å². The molecular formula is C15H24N4O2. The van der Waals surface area contributed by atoms with E-state index in [4.69, 9.17) is 10.5 Å². The highest BCUT2D eigenvalue weighted by Gasteiger charge is 2.48. The van der Waals surface area contributed by atoms with E-state index in [-0.39, 0.29) is 5.91 Å². The molecule has 0 radical (unpaired) electrons. The summed E-state index contributed by atoms with van der Waals surface area (Å²) in [5, 5.41) is 4.20. The van der Waals surface area contributed by atoms with Crippen molar-refractivity contribution in [3.63, 3.8) is 0 Å². The van der Waals surface area contributed by atoms with Crippen LogP contribution in [-0.2, 0) is 22.2 Å². The molecule has 0 unspecified atom stereocenters. The zero-order valence-corrected chi connectivity index (χ0v) is 13.0. The van der Waals surface area contributed by atoms with Gasteiger partial charge in [0.15, 0.2) is 0 Å². The van der Waals surface area contributed by atoms with Gasteiger partial charge in [-0.3, -0.25) is 9.48 Å². The Morgan fingerprint density at radius 2 is 2.29 bits per heavy atom. The van der Waals surface area contributed by atoms with Crippen LogP contribution in [0.2, 0.25) is 0 Å². The summed E-state index contributed by atoms with van der Waals surface area (Å²) in [7, 11) is 1.88. The first-order valence-electron chi connectivity index (χ1n) is 7.54. The molecule has 0 bridgehead atoms. The Kier molecular flexibility index (Phi) is 3.33. The lowest BCUT2D eigenvalue weighted by Crippen LogP contribution is -2.60. The first-order chi connectivity index (χ1) is 9.83. The van der Waals surface area contributed by atoms with E-state index in [9.17, 15) is 4.79 Å². The Morgan fingerprint density at radius 1 is 1.57 bits per heavy atom. The molecule has 2 atom stereocenters. The molecule has 2 N–H and O–H groups in total. The molecule has 0 aromatic carbocycles. The summed E-state index contributed by atoms with van der Waals surface area (Å²) in [6.45, 7) is 5.53. The number of hydrogen-bond acceptors (Lipinski definition) is 4. The van der Waals surface area contributed by atoms with Gasteiger partial charge >= 0.3 is 0 Å². The van der Waals surface area contributed by atoms with Crippen molar-refractivity contribution in [2.45, 2.75) is 37.8 Å². The molecule has 2 fully saturated rings. The topological polar surface area (TPSA) is 73.4 Å². The number of rotatable bonds is 3. The van der Waals surface area contributed by atoms with Crippen LogP contribution in [0.4, 0.5) is 0 Å². The summed E-state index contributed by atoms with van der Waals surface area (Å²) < 4.78 is 7.70. The van der Waals surface area contributed by atoms with Crippen molar-refractivity contribution >= 4 is 5.91 Å². The number of carbonyl (C=O) groups excluding carboxylic acids is 1. The lowest BCUT2D eigenvalue weighted by Gasteiger charge is -2.42. The molecule has 1 saturated carbocycles. The van der Waals surface area contributed by atoms with Gasteiger partial charge in [-0.1, -0.05) is 0 Å². The smallest absolute Gasteiger partial charge is 0.242 e.